The van der Waals surface area contributed by atoms with Gasteiger partial charge in [-0.25, -0.2) is 4.99 Å². The molecule has 2 rings (SSSR count). The summed E-state index contributed by atoms with van der Waals surface area (Å²) in [5, 5.41) is 11.5. The molecule has 0 saturated carbocycles. The fourth-order valence-electron chi connectivity index (χ4n) is 1.46. The van der Waals surface area contributed by atoms with Gasteiger partial charge in [0.2, 0.25) is 0 Å². The number of halogens is 1. The summed E-state index contributed by atoms with van der Waals surface area (Å²) in [6.45, 7) is 0. The summed E-state index contributed by atoms with van der Waals surface area (Å²) in [4.78, 5) is 14.6. The lowest BCUT2D eigenvalue weighted by atomic mass is 10.1. The average molecular weight is 249 g/mol. The molecule has 0 bridgehead atoms. The predicted octanol–water partition coefficient (Wildman–Crippen LogP) is 3.75. The smallest absolute Gasteiger partial charge is 0.258 e. The van der Waals surface area contributed by atoms with E-state index in [9.17, 15) is 10.1 Å². The topological polar surface area (TPSA) is 55.5 Å². The lowest BCUT2D eigenvalue weighted by molar-refractivity contribution is -0.384. The molecular formula is C12H9ClN2O2. The molecular weight excluding hydrogens is 240 g/mol. The van der Waals surface area contributed by atoms with Crippen LogP contribution < -0.4 is 0 Å². The minimum absolute atomic E-state index is 0.00838. The van der Waals surface area contributed by atoms with E-state index in [2.05, 4.69) is 4.99 Å². The van der Waals surface area contributed by atoms with Crippen LogP contribution >= 0.6 is 11.6 Å². The van der Waals surface area contributed by atoms with Crippen LogP contribution in [0.2, 0.25) is 0 Å². The predicted molar refractivity (Wildman–Crippen MR) is 67.9 cm³/mol. The van der Waals surface area contributed by atoms with Gasteiger partial charge in [0.15, 0.2) is 0 Å². The van der Waals surface area contributed by atoms with Gasteiger partial charge in [-0.2, -0.15) is 0 Å². The maximum atomic E-state index is 10.8. The summed E-state index contributed by atoms with van der Waals surface area (Å²) in [6, 6.07) is 6.41. The Morgan fingerprint density at radius 2 is 2.06 bits per heavy atom. The maximum Gasteiger partial charge on any atom is 0.294 e. The minimum Gasteiger partial charge on any atom is -0.258 e. The molecule has 0 spiro atoms. The zero-order valence-corrected chi connectivity index (χ0v) is 9.59. The van der Waals surface area contributed by atoms with Gasteiger partial charge in [0, 0.05) is 23.2 Å². The van der Waals surface area contributed by atoms with Crippen LogP contribution in [0.25, 0.3) is 0 Å². The van der Waals surface area contributed by atoms with Crippen molar-refractivity contribution in [1.82, 2.24) is 0 Å². The van der Waals surface area contributed by atoms with Gasteiger partial charge < -0.3 is 0 Å². The van der Waals surface area contributed by atoms with Crippen LogP contribution in [0.4, 0.5) is 11.4 Å². The highest BCUT2D eigenvalue weighted by Crippen LogP contribution is 2.27. The Bertz CT molecular complexity index is 547. The molecule has 86 valence electrons. The van der Waals surface area contributed by atoms with E-state index in [1.807, 2.05) is 6.08 Å². The molecule has 1 aliphatic rings. The zero-order chi connectivity index (χ0) is 12.3. The molecule has 1 aromatic rings. The second kappa shape index (κ2) is 4.93. The largest absolute Gasteiger partial charge is 0.294 e. The number of nitro groups is 1. The van der Waals surface area contributed by atoms with Crippen molar-refractivity contribution in [3.8, 4) is 0 Å². The van der Waals surface area contributed by atoms with Gasteiger partial charge in [-0.3, -0.25) is 10.1 Å². The van der Waals surface area contributed by atoms with Crippen molar-refractivity contribution in [3.63, 3.8) is 0 Å². The van der Waals surface area contributed by atoms with Crippen LogP contribution in [0.15, 0.2) is 52.5 Å². The number of hydrogen-bond acceptors (Lipinski definition) is 3. The lowest BCUT2D eigenvalue weighted by Gasteiger charge is -2.03. The number of para-hydroxylation sites is 2. The van der Waals surface area contributed by atoms with Crippen LogP contribution in [-0.2, 0) is 0 Å². The van der Waals surface area contributed by atoms with Crippen molar-refractivity contribution >= 4 is 28.7 Å². The van der Waals surface area contributed by atoms with E-state index in [1.165, 1.54) is 6.07 Å². The van der Waals surface area contributed by atoms with E-state index in [0.29, 0.717) is 17.1 Å². The molecule has 1 aromatic carbocycles. The van der Waals surface area contributed by atoms with Gasteiger partial charge in [-0.15, -0.1) is 0 Å². The molecule has 17 heavy (non-hydrogen) atoms. The van der Waals surface area contributed by atoms with Crippen molar-refractivity contribution in [2.45, 2.75) is 6.42 Å². The molecule has 0 amide bonds. The van der Waals surface area contributed by atoms with Crippen molar-refractivity contribution in [2.24, 2.45) is 4.99 Å². The van der Waals surface area contributed by atoms with Crippen molar-refractivity contribution < 1.29 is 4.92 Å². The second-order valence-corrected chi connectivity index (χ2v) is 3.91. The summed E-state index contributed by atoms with van der Waals surface area (Å²) in [5.74, 6) is 0. The fraction of sp³-hybridized carbons (Fsp3) is 0.0833. The summed E-state index contributed by atoms with van der Waals surface area (Å²) in [7, 11) is 0. The van der Waals surface area contributed by atoms with Gasteiger partial charge in [-0.05, 0) is 18.2 Å². The van der Waals surface area contributed by atoms with E-state index >= 15 is 0 Å². The second-order valence-electron chi connectivity index (χ2n) is 3.48. The van der Waals surface area contributed by atoms with Crippen LogP contribution in [0, 0.1) is 10.1 Å². The number of nitrogens with zero attached hydrogens (tertiary/aromatic N) is 2. The van der Waals surface area contributed by atoms with E-state index in [4.69, 9.17) is 11.6 Å². The molecule has 4 nitrogen and oxygen atoms in total. The van der Waals surface area contributed by atoms with Crippen molar-refractivity contribution in [3.05, 3.63) is 57.6 Å². The van der Waals surface area contributed by atoms with Gasteiger partial charge >= 0.3 is 0 Å². The standard InChI is InChI=1S/C12H9ClN2O2/c13-9-5-7-10(8-6-9)14-11-3-1-2-4-12(11)15(16)17/h1-7H,8H2. The summed E-state index contributed by atoms with van der Waals surface area (Å²) in [6.07, 6.45) is 5.88. The molecule has 0 N–H and O–H groups in total. The maximum absolute atomic E-state index is 10.8. The number of hydrogen-bond donors (Lipinski definition) is 0. The Morgan fingerprint density at radius 1 is 1.29 bits per heavy atom. The third kappa shape index (κ3) is 2.79. The van der Waals surface area contributed by atoms with Crippen LogP contribution in [0.3, 0.4) is 0 Å². The highest BCUT2D eigenvalue weighted by atomic mass is 35.5. The number of aliphatic imine (C=N–C) groups is 1. The van der Waals surface area contributed by atoms with Crippen LogP contribution in [-0.4, -0.2) is 10.6 Å². The average Bonchev–Trinajstić information content (AvgIpc) is 2.32. The normalized spacial score (nSPS) is 17.0. The first-order valence-corrected chi connectivity index (χ1v) is 5.39. The van der Waals surface area contributed by atoms with Gasteiger partial charge in [-0.1, -0.05) is 29.8 Å². The SMILES string of the molecule is O=[N+]([O-])c1ccccc1N=C1C=CC(Cl)=CC1. The highest BCUT2D eigenvalue weighted by molar-refractivity contribution is 6.32. The molecule has 0 radical (unpaired) electrons. The molecule has 0 fully saturated rings. The van der Waals surface area contributed by atoms with Crippen molar-refractivity contribution in [1.29, 1.82) is 0 Å². The summed E-state index contributed by atoms with van der Waals surface area (Å²) >= 11 is 5.78. The van der Waals surface area contributed by atoms with Crippen LogP contribution in [0.1, 0.15) is 6.42 Å². The summed E-state index contributed by atoms with van der Waals surface area (Å²) < 4.78 is 0. The molecule has 0 heterocycles. The zero-order valence-electron chi connectivity index (χ0n) is 8.84. The van der Waals surface area contributed by atoms with E-state index in [1.54, 1.807) is 30.4 Å². The molecule has 0 aliphatic heterocycles. The first-order chi connectivity index (χ1) is 8.16. The number of benzene rings is 1. The number of nitro benzene ring substituents is 1. The van der Waals surface area contributed by atoms with E-state index in [-0.39, 0.29) is 5.69 Å². The van der Waals surface area contributed by atoms with Crippen LogP contribution in [0.5, 0.6) is 0 Å². The third-order valence-electron chi connectivity index (χ3n) is 2.28. The fourth-order valence-corrected chi connectivity index (χ4v) is 1.60. The Kier molecular flexibility index (Phi) is 3.35. The Balaban J connectivity index is 2.34. The first-order valence-electron chi connectivity index (χ1n) is 5.01. The molecule has 0 unspecified atom stereocenters. The molecule has 0 aromatic heterocycles. The summed E-state index contributed by atoms with van der Waals surface area (Å²) in [5.41, 5.74) is 1.13. The Labute approximate surface area is 103 Å². The molecule has 1 aliphatic carbocycles. The van der Waals surface area contributed by atoms with E-state index in [0.717, 1.165) is 5.71 Å². The third-order valence-corrected chi connectivity index (χ3v) is 2.56. The Morgan fingerprint density at radius 3 is 2.71 bits per heavy atom. The Hall–Kier alpha value is -1.94. The van der Waals surface area contributed by atoms with Gasteiger partial charge in [0.05, 0.1) is 4.92 Å². The lowest BCUT2D eigenvalue weighted by Crippen LogP contribution is -1.96. The quantitative estimate of drug-likeness (QED) is 0.591. The number of rotatable bonds is 2. The highest BCUT2D eigenvalue weighted by Gasteiger charge is 2.12. The van der Waals surface area contributed by atoms with Gasteiger partial charge in [0.1, 0.15) is 5.69 Å². The first kappa shape index (κ1) is 11.5. The van der Waals surface area contributed by atoms with Crippen molar-refractivity contribution in [2.75, 3.05) is 0 Å². The van der Waals surface area contributed by atoms with Gasteiger partial charge in [0.25, 0.3) is 5.69 Å². The number of allylic oxidation sites excluding steroid dienone is 4. The van der Waals surface area contributed by atoms with E-state index < -0.39 is 4.92 Å². The monoisotopic (exact) mass is 248 g/mol. The molecule has 5 heteroatoms. The molecule has 0 atom stereocenters. The minimum atomic E-state index is -0.436. The molecule has 0 saturated heterocycles.